The van der Waals surface area contributed by atoms with Crippen molar-refractivity contribution in [1.29, 1.82) is 0 Å². The SMILES string of the molecule is CCCCCC(=O)O[As](=O)(O)c1ccc(O)cc1NC(C)=O. The third-order valence-electron chi connectivity index (χ3n) is 2.81. The number of amides is 1. The maximum atomic E-state index is 12.3. The molecule has 0 bridgehead atoms. The first kappa shape index (κ1) is 18.3. The second kappa shape index (κ2) is 8.05. The van der Waals surface area contributed by atoms with Crippen LogP contribution < -0.4 is 9.67 Å². The van der Waals surface area contributed by atoms with Gasteiger partial charge in [0, 0.05) is 0 Å². The van der Waals surface area contributed by atoms with Gasteiger partial charge < -0.3 is 0 Å². The van der Waals surface area contributed by atoms with Gasteiger partial charge >= 0.3 is 131 Å². The van der Waals surface area contributed by atoms with Crippen molar-refractivity contribution in [3.05, 3.63) is 18.2 Å². The molecular formula is C14H20AsNO6. The van der Waals surface area contributed by atoms with Crippen molar-refractivity contribution in [3.8, 4) is 5.75 Å². The van der Waals surface area contributed by atoms with Crippen molar-refractivity contribution in [2.75, 3.05) is 5.32 Å². The van der Waals surface area contributed by atoms with Gasteiger partial charge in [0.05, 0.1) is 0 Å². The Morgan fingerprint density at radius 2 is 2.00 bits per heavy atom. The first-order valence-corrected chi connectivity index (χ1v) is 10.2. The number of hydrogen-bond acceptors (Lipinski definition) is 5. The van der Waals surface area contributed by atoms with Gasteiger partial charge in [0.1, 0.15) is 0 Å². The Labute approximate surface area is 131 Å². The summed E-state index contributed by atoms with van der Waals surface area (Å²) in [7, 11) is 0. The molecule has 0 radical (unpaired) electrons. The minimum atomic E-state index is -5.15. The molecule has 0 saturated heterocycles. The molecule has 0 aromatic heterocycles. The predicted molar refractivity (Wildman–Crippen MR) is 80.9 cm³/mol. The van der Waals surface area contributed by atoms with E-state index in [1.54, 1.807) is 0 Å². The molecule has 1 aromatic rings. The van der Waals surface area contributed by atoms with Crippen LogP contribution in [0, 0.1) is 0 Å². The number of unbranched alkanes of at least 4 members (excludes halogenated alkanes) is 2. The van der Waals surface area contributed by atoms with Crippen LogP contribution in [0.25, 0.3) is 0 Å². The summed E-state index contributed by atoms with van der Waals surface area (Å²) in [6, 6.07) is 3.49. The van der Waals surface area contributed by atoms with Crippen LogP contribution in [-0.4, -0.2) is 35.3 Å². The topological polar surface area (TPSA) is 113 Å². The molecule has 1 amide bonds. The van der Waals surface area contributed by atoms with Crippen LogP contribution >= 0.6 is 0 Å². The standard InChI is InChI=1S/C14H20AsNO6/c1-3-4-5-6-14(19)22-15(20,21)12-8-7-11(18)9-13(12)16-10(2)17/h7-9,18H,3-6H2,1-2H3,(H,16,17)(H,20,21). The molecule has 122 valence electrons. The molecule has 7 nitrogen and oxygen atoms in total. The van der Waals surface area contributed by atoms with E-state index in [0.717, 1.165) is 18.9 Å². The number of aromatic hydroxyl groups is 1. The van der Waals surface area contributed by atoms with Crippen molar-refractivity contribution < 1.29 is 26.3 Å². The van der Waals surface area contributed by atoms with Gasteiger partial charge in [-0.15, -0.1) is 0 Å². The number of benzene rings is 1. The van der Waals surface area contributed by atoms with E-state index in [1.165, 1.54) is 19.1 Å². The van der Waals surface area contributed by atoms with Crippen molar-refractivity contribution in [2.24, 2.45) is 0 Å². The van der Waals surface area contributed by atoms with Gasteiger partial charge in [-0.25, -0.2) is 0 Å². The molecule has 1 atom stereocenters. The quantitative estimate of drug-likeness (QED) is 0.486. The zero-order valence-electron chi connectivity index (χ0n) is 12.5. The van der Waals surface area contributed by atoms with Gasteiger partial charge in [-0.2, -0.15) is 0 Å². The van der Waals surface area contributed by atoms with Crippen molar-refractivity contribution in [2.45, 2.75) is 39.5 Å². The molecular weight excluding hydrogens is 353 g/mol. The molecule has 0 spiro atoms. The van der Waals surface area contributed by atoms with Gasteiger partial charge in [0.2, 0.25) is 0 Å². The van der Waals surface area contributed by atoms with Crippen molar-refractivity contribution in [1.82, 2.24) is 0 Å². The molecule has 1 rings (SSSR count). The number of carbonyl (C=O) groups is 2. The third-order valence-corrected chi connectivity index (χ3v) is 5.85. The van der Waals surface area contributed by atoms with E-state index in [4.69, 9.17) is 3.73 Å². The number of hydrogen-bond donors (Lipinski definition) is 3. The monoisotopic (exact) mass is 373 g/mol. The molecule has 1 aromatic carbocycles. The fourth-order valence-electron chi connectivity index (χ4n) is 1.81. The molecule has 8 heteroatoms. The van der Waals surface area contributed by atoms with Crippen LogP contribution in [0.4, 0.5) is 5.69 Å². The average molecular weight is 373 g/mol. The summed E-state index contributed by atoms with van der Waals surface area (Å²) >= 11 is -5.15. The Hall–Kier alpha value is -1.72. The Morgan fingerprint density at radius 1 is 1.32 bits per heavy atom. The van der Waals surface area contributed by atoms with Crippen LogP contribution in [0.2, 0.25) is 0 Å². The molecule has 0 heterocycles. The second-order valence-corrected chi connectivity index (χ2v) is 8.40. The van der Waals surface area contributed by atoms with E-state index < -0.39 is 26.0 Å². The summed E-state index contributed by atoms with van der Waals surface area (Å²) in [6.45, 7) is 3.20. The van der Waals surface area contributed by atoms with E-state index in [9.17, 15) is 22.5 Å². The number of phenols is 1. The first-order chi connectivity index (χ1) is 10.3. The average Bonchev–Trinajstić information content (AvgIpc) is 2.37. The zero-order valence-corrected chi connectivity index (χ0v) is 14.4. The molecule has 0 fully saturated rings. The summed E-state index contributed by atoms with van der Waals surface area (Å²) in [5.41, 5.74) is -0.0427. The minimum absolute atomic E-state index is 0.0427. The van der Waals surface area contributed by atoms with Gasteiger partial charge in [0.25, 0.3) is 0 Å². The van der Waals surface area contributed by atoms with E-state index >= 15 is 0 Å². The first-order valence-electron chi connectivity index (χ1n) is 6.92. The summed E-state index contributed by atoms with van der Waals surface area (Å²) in [6.07, 6.45) is 2.39. The molecule has 1 unspecified atom stereocenters. The molecule has 0 aliphatic heterocycles. The Balaban J connectivity index is 2.94. The van der Waals surface area contributed by atoms with E-state index in [1.807, 2.05) is 6.92 Å². The van der Waals surface area contributed by atoms with Crippen molar-refractivity contribution >= 4 is 36.1 Å². The van der Waals surface area contributed by atoms with Crippen LogP contribution in [0.15, 0.2) is 18.2 Å². The Kier molecular flexibility index (Phi) is 6.71. The van der Waals surface area contributed by atoms with Gasteiger partial charge in [-0.1, -0.05) is 0 Å². The number of phenolic OH excluding ortho intramolecular Hbond substituents is 1. The van der Waals surface area contributed by atoms with Gasteiger partial charge in [-0.05, 0) is 0 Å². The zero-order chi connectivity index (χ0) is 16.8. The summed E-state index contributed by atoms with van der Waals surface area (Å²) in [5.74, 6) is -1.41. The molecule has 22 heavy (non-hydrogen) atoms. The molecule has 3 N–H and O–H groups in total. The second-order valence-electron chi connectivity index (χ2n) is 4.82. The third kappa shape index (κ3) is 5.58. The van der Waals surface area contributed by atoms with Gasteiger partial charge in [-0.3, -0.25) is 0 Å². The Morgan fingerprint density at radius 3 is 2.59 bits per heavy atom. The Bertz CT molecular complexity index is 601. The van der Waals surface area contributed by atoms with Crippen LogP contribution in [0.5, 0.6) is 5.75 Å². The molecule has 0 aliphatic carbocycles. The number of nitrogens with one attached hydrogen (secondary N) is 1. The molecule has 0 saturated carbocycles. The van der Waals surface area contributed by atoms with E-state index in [0.29, 0.717) is 6.42 Å². The van der Waals surface area contributed by atoms with Gasteiger partial charge in [0.15, 0.2) is 0 Å². The fourth-order valence-corrected chi connectivity index (χ4v) is 4.23. The van der Waals surface area contributed by atoms with Crippen LogP contribution in [0.1, 0.15) is 39.5 Å². The fraction of sp³-hybridized carbons (Fsp3) is 0.429. The summed E-state index contributed by atoms with van der Waals surface area (Å²) in [4.78, 5) is 22.8. The van der Waals surface area contributed by atoms with Crippen LogP contribution in [-0.2, 0) is 17.1 Å². The maximum absolute atomic E-state index is 12.3. The summed E-state index contributed by atoms with van der Waals surface area (Å²) in [5, 5.41) is 11.8. The normalized spacial score (nSPS) is 13.2. The number of carbonyl (C=O) groups excluding carboxylic acids is 2. The predicted octanol–water partition coefficient (Wildman–Crippen LogP) is 1.04. The number of rotatable bonds is 7. The summed E-state index contributed by atoms with van der Waals surface area (Å²) < 4.78 is 26.9. The number of anilines is 1. The van der Waals surface area contributed by atoms with Crippen molar-refractivity contribution in [3.63, 3.8) is 0 Å². The van der Waals surface area contributed by atoms with E-state index in [2.05, 4.69) is 5.32 Å². The van der Waals surface area contributed by atoms with E-state index in [-0.39, 0.29) is 22.2 Å². The molecule has 0 aliphatic rings. The van der Waals surface area contributed by atoms with Crippen LogP contribution in [0.3, 0.4) is 0 Å².